The summed E-state index contributed by atoms with van der Waals surface area (Å²) in [4.78, 5) is 5.92. The number of nitrogens with zero attached hydrogens (tertiary/aromatic N) is 1. The minimum Gasteiger partial charge on any atom is -0.269 e. The maximum atomic E-state index is 13.4. The lowest BCUT2D eigenvalue weighted by Gasteiger charge is -2.29. The number of hydrogen-bond acceptors (Lipinski definition) is 2. The van der Waals surface area contributed by atoms with Crippen molar-refractivity contribution in [3.8, 4) is 0 Å². The van der Waals surface area contributed by atoms with Crippen LogP contribution in [0.25, 0.3) is 6.08 Å². The molecule has 0 aromatic heterocycles. The van der Waals surface area contributed by atoms with Crippen molar-refractivity contribution in [3.05, 3.63) is 71.6 Å². The fourth-order valence-electron chi connectivity index (χ4n) is 3.12. The van der Waals surface area contributed by atoms with E-state index in [1.165, 1.54) is 11.6 Å². The molecule has 2 aromatic carbocycles. The Morgan fingerprint density at radius 3 is 2.86 bits per heavy atom. The summed E-state index contributed by atoms with van der Waals surface area (Å²) in [5, 5.41) is 1.93. The number of hydroxylamine groups is 1. The highest BCUT2D eigenvalue weighted by molar-refractivity contribution is 5.58. The second-order valence-electron chi connectivity index (χ2n) is 5.60. The standard InChI is InChI=1S/C18H16FNO/c19-15-7-9-18-14(10-15)11-17-12-16(20(18)21-17)8-6-13-4-2-1-3-5-13/h1-10,16-17H,11-12H2/b8-6+/t16-,17-/m1/s1. The Balaban J connectivity index is 1.61. The third kappa shape index (κ3) is 2.34. The Morgan fingerprint density at radius 2 is 2.00 bits per heavy atom. The van der Waals surface area contributed by atoms with Crippen molar-refractivity contribution in [2.45, 2.75) is 25.0 Å². The number of rotatable bonds is 2. The maximum Gasteiger partial charge on any atom is 0.123 e. The quantitative estimate of drug-likeness (QED) is 0.825. The Kier molecular flexibility index (Phi) is 3.00. The maximum absolute atomic E-state index is 13.4. The zero-order chi connectivity index (χ0) is 14.2. The van der Waals surface area contributed by atoms with Gasteiger partial charge in [0.05, 0.1) is 17.8 Å². The van der Waals surface area contributed by atoms with E-state index >= 15 is 0 Å². The highest BCUT2D eigenvalue weighted by atomic mass is 19.1. The van der Waals surface area contributed by atoms with E-state index < -0.39 is 0 Å². The summed E-state index contributed by atoms with van der Waals surface area (Å²) in [5.74, 6) is -0.173. The van der Waals surface area contributed by atoms with Gasteiger partial charge in [0, 0.05) is 12.8 Å². The summed E-state index contributed by atoms with van der Waals surface area (Å²) in [6.45, 7) is 0. The van der Waals surface area contributed by atoms with E-state index in [4.69, 9.17) is 4.84 Å². The molecule has 0 unspecified atom stereocenters. The first-order valence-electron chi connectivity index (χ1n) is 7.27. The molecular weight excluding hydrogens is 265 g/mol. The van der Waals surface area contributed by atoms with Gasteiger partial charge in [-0.15, -0.1) is 0 Å². The molecule has 2 aliphatic rings. The summed E-state index contributed by atoms with van der Waals surface area (Å²) in [6.07, 6.45) is 6.19. The van der Waals surface area contributed by atoms with Gasteiger partial charge in [-0.05, 0) is 29.3 Å². The van der Waals surface area contributed by atoms with Crippen LogP contribution in [0.15, 0.2) is 54.6 Å². The number of hydrogen-bond donors (Lipinski definition) is 0. The molecule has 2 aliphatic heterocycles. The van der Waals surface area contributed by atoms with Gasteiger partial charge in [-0.1, -0.05) is 42.5 Å². The van der Waals surface area contributed by atoms with Crippen molar-refractivity contribution in [1.82, 2.24) is 0 Å². The zero-order valence-electron chi connectivity index (χ0n) is 11.6. The highest BCUT2D eigenvalue weighted by Gasteiger charge is 2.38. The van der Waals surface area contributed by atoms with Crippen LogP contribution in [0, 0.1) is 5.82 Å². The molecule has 1 fully saturated rings. The van der Waals surface area contributed by atoms with Crippen LogP contribution in [0.5, 0.6) is 0 Å². The molecule has 2 atom stereocenters. The fourth-order valence-corrected chi connectivity index (χ4v) is 3.12. The average Bonchev–Trinajstić information content (AvgIpc) is 2.83. The van der Waals surface area contributed by atoms with Crippen molar-refractivity contribution >= 4 is 11.8 Å². The molecule has 21 heavy (non-hydrogen) atoms. The molecule has 0 aliphatic carbocycles. The summed E-state index contributed by atoms with van der Waals surface area (Å²) >= 11 is 0. The Hall–Kier alpha value is -2.13. The van der Waals surface area contributed by atoms with Crippen LogP contribution in [0.1, 0.15) is 17.5 Å². The molecule has 0 saturated carbocycles. The molecule has 0 spiro atoms. The molecule has 0 amide bonds. The van der Waals surface area contributed by atoms with E-state index in [1.807, 2.05) is 29.3 Å². The topological polar surface area (TPSA) is 12.5 Å². The third-order valence-electron chi connectivity index (χ3n) is 4.11. The molecule has 2 heterocycles. The lowest BCUT2D eigenvalue weighted by Crippen LogP contribution is -2.30. The molecule has 2 nitrogen and oxygen atoms in total. The van der Waals surface area contributed by atoms with Crippen LogP contribution >= 0.6 is 0 Å². The fraction of sp³-hybridized carbons (Fsp3) is 0.222. The lowest BCUT2D eigenvalue weighted by atomic mass is 10.0. The highest BCUT2D eigenvalue weighted by Crippen LogP contribution is 2.38. The van der Waals surface area contributed by atoms with Crippen molar-refractivity contribution in [2.75, 3.05) is 5.06 Å². The first kappa shape index (κ1) is 12.6. The van der Waals surface area contributed by atoms with Gasteiger partial charge < -0.3 is 0 Å². The van der Waals surface area contributed by atoms with Gasteiger partial charge in [0.2, 0.25) is 0 Å². The van der Waals surface area contributed by atoms with E-state index in [9.17, 15) is 4.39 Å². The van der Waals surface area contributed by atoms with E-state index in [1.54, 1.807) is 6.07 Å². The van der Waals surface area contributed by atoms with E-state index in [0.717, 1.165) is 24.1 Å². The summed E-state index contributed by atoms with van der Waals surface area (Å²) in [6, 6.07) is 15.4. The molecule has 106 valence electrons. The van der Waals surface area contributed by atoms with Gasteiger partial charge in [-0.2, -0.15) is 0 Å². The molecule has 0 N–H and O–H groups in total. The molecule has 1 saturated heterocycles. The van der Waals surface area contributed by atoms with Crippen LogP contribution in [0.4, 0.5) is 10.1 Å². The Labute approximate surface area is 123 Å². The first-order valence-corrected chi connectivity index (χ1v) is 7.27. The third-order valence-corrected chi connectivity index (χ3v) is 4.11. The van der Waals surface area contributed by atoms with Gasteiger partial charge in [0.25, 0.3) is 0 Å². The van der Waals surface area contributed by atoms with Crippen molar-refractivity contribution in [2.24, 2.45) is 0 Å². The minimum atomic E-state index is -0.173. The second-order valence-corrected chi connectivity index (χ2v) is 5.60. The summed E-state index contributed by atoms with van der Waals surface area (Å²) < 4.78 is 13.4. The number of anilines is 1. The van der Waals surface area contributed by atoms with E-state index in [-0.39, 0.29) is 18.0 Å². The first-order chi connectivity index (χ1) is 10.3. The van der Waals surface area contributed by atoms with Crippen LogP contribution in [-0.4, -0.2) is 12.1 Å². The van der Waals surface area contributed by atoms with Crippen molar-refractivity contribution < 1.29 is 9.23 Å². The lowest BCUT2D eigenvalue weighted by molar-refractivity contribution is 0.0751. The SMILES string of the molecule is Fc1ccc2c(c1)C[C@@H]1C[C@@H](/C=C/c3ccccc3)N2O1. The van der Waals surface area contributed by atoms with Crippen molar-refractivity contribution in [1.29, 1.82) is 0 Å². The van der Waals surface area contributed by atoms with E-state index in [0.29, 0.717) is 0 Å². The monoisotopic (exact) mass is 281 g/mol. The summed E-state index contributed by atoms with van der Waals surface area (Å²) in [7, 11) is 0. The molecule has 2 bridgehead atoms. The van der Waals surface area contributed by atoms with Crippen molar-refractivity contribution in [3.63, 3.8) is 0 Å². The van der Waals surface area contributed by atoms with Crippen LogP contribution in [0.3, 0.4) is 0 Å². The Bertz CT molecular complexity index is 683. The molecule has 0 radical (unpaired) electrons. The largest absolute Gasteiger partial charge is 0.269 e. The molecule has 3 heteroatoms. The predicted octanol–water partition coefficient (Wildman–Crippen LogP) is 3.97. The van der Waals surface area contributed by atoms with Gasteiger partial charge in [-0.25, -0.2) is 9.45 Å². The number of halogens is 1. The minimum absolute atomic E-state index is 0.157. The van der Waals surface area contributed by atoms with Gasteiger partial charge in [-0.3, -0.25) is 4.84 Å². The van der Waals surface area contributed by atoms with Gasteiger partial charge >= 0.3 is 0 Å². The summed E-state index contributed by atoms with van der Waals surface area (Å²) in [5.41, 5.74) is 3.22. The zero-order valence-corrected chi connectivity index (χ0v) is 11.6. The van der Waals surface area contributed by atoms with E-state index in [2.05, 4.69) is 24.3 Å². The second kappa shape index (κ2) is 5.01. The van der Waals surface area contributed by atoms with Crippen LogP contribution in [0.2, 0.25) is 0 Å². The van der Waals surface area contributed by atoms with Crippen LogP contribution < -0.4 is 5.06 Å². The smallest absolute Gasteiger partial charge is 0.123 e. The predicted molar refractivity (Wildman–Crippen MR) is 81.3 cm³/mol. The Morgan fingerprint density at radius 1 is 1.14 bits per heavy atom. The molecular formula is C18H16FNO. The van der Waals surface area contributed by atoms with Gasteiger partial charge in [0.15, 0.2) is 0 Å². The number of fused-ring (bicyclic) bond motifs is 4. The normalized spacial score (nSPS) is 23.6. The molecule has 4 rings (SSSR count). The van der Waals surface area contributed by atoms with Crippen LogP contribution in [-0.2, 0) is 11.3 Å². The molecule has 2 aromatic rings. The van der Waals surface area contributed by atoms with Gasteiger partial charge in [0.1, 0.15) is 5.82 Å². The number of benzene rings is 2. The average molecular weight is 281 g/mol.